The highest BCUT2D eigenvalue weighted by Gasteiger charge is 2.15. The van der Waals surface area contributed by atoms with E-state index in [9.17, 15) is 4.79 Å². The van der Waals surface area contributed by atoms with Crippen LogP contribution in [-0.4, -0.2) is 31.2 Å². The monoisotopic (exact) mass is 396 g/mol. The molecule has 3 aromatic rings. The Bertz CT molecular complexity index is 998. The van der Waals surface area contributed by atoms with Gasteiger partial charge in [0, 0.05) is 22.2 Å². The minimum Gasteiger partial charge on any atom is -0.497 e. The van der Waals surface area contributed by atoms with Crippen LogP contribution in [0.4, 0.5) is 5.69 Å². The van der Waals surface area contributed by atoms with E-state index in [-0.39, 0.29) is 12.3 Å². The highest BCUT2D eigenvalue weighted by Crippen LogP contribution is 2.33. The van der Waals surface area contributed by atoms with Gasteiger partial charge in [0.1, 0.15) is 24.0 Å². The molecule has 144 valence electrons. The first kappa shape index (κ1) is 18.3. The van der Waals surface area contributed by atoms with Crippen LogP contribution >= 0.6 is 11.3 Å². The third-order valence-corrected chi connectivity index (χ3v) is 5.58. The molecule has 6 nitrogen and oxygen atoms in total. The third kappa shape index (κ3) is 3.94. The number of hydrogen-bond acceptors (Lipinski definition) is 6. The Morgan fingerprint density at radius 3 is 2.64 bits per heavy atom. The third-order valence-electron chi connectivity index (χ3n) is 4.38. The Kier molecular flexibility index (Phi) is 5.16. The fourth-order valence-electron chi connectivity index (χ4n) is 2.92. The number of benzene rings is 2. The maximum atomic E-state index is 12.5. The summed E-state index contributed by atoms with van der Waals surface area (Å²) in [4.78, 5) is 18.1. The van der Waals surface area contributed by atoms with Gasteiger partial charge in [0.25, 0.3) is 0 Å². The number of ether oxygens (including phenoxy) is 3. The van der Waals surface area contributed by atoms with Crippen molar-refractivity contribution in [1.29, 1.82) is 0 Å². The molecule has 1 aromatic heterocycles. The normalized spacial score (nSPS) is 12.5. The zero-order valence-electron chi connectivity index (χ0n) is 15.7. The zero-order chi connectivity index (χ0) is 19.5. The molecule has 0 aliphatic carbocycles. The average molecular weight is 396 g/mol. The summed E-state index contributed by atoms with van der Waals surface area (Å²) in [6.07, 6.45) is 0.272. The van der Waals surface area contributed by atoms with Gasteiger partial charge in [-0.25, -0.2) is 4.98 Å². The number of nitrogens with zero attached hydrogens (tertiary/aromatic N) is 1. The molecular formula is C21H20N2O4S. The minimum atomic E-state index is -0.0929. The summed E-state index contributed by atoms with van der Waals surface area (Å²) in [6, 6.07) is 13.2. The molecule has 0 saturated carbocycles. The molecule has 0 radical (unpaired) electrons. The van der Waals surface area contributed by atoms with Crippen molar-refractivity contribution in [1.82, 2.24) is 4.98 Å². The van der Waals surface area contributed by atoms with Crippen molar-refractivity contribution in [2.45, 2.75) is 13.3 Å². The second kappa shape index (κ2) is 7.90. The fourth-order valence-corrected chi connectivity index (χ4v) is 3.99. The molecule has 1 N–H and O–H groups in total. The van der Waals surface area contributed by atoms with E-state index in [4.69, 9.17) is 14.2 Å². The van der Waals surface area contributed by atoms with Gasteiger partial charge in [-0.1, -0.05) is 0 Å². The second-order valence-electron chi connectivity index (χ2n) is 6.34. The lowest BCUT2D eigenvalue weighted by molar-refractivity contribution is -0.115. The van der Waals surface area contributed by atoms with Gasteiger partial charge in [-0.05, 0) is 43.3 Å². The predicted molar refractivity (Wildman–Crippen MR) is 109 cm³/mol. The van der Waals surface area contributed by atoms with Crippen LogP contribution in [-0.2, 0) is 11.2 Å². The van der Waals surface area contributed by atoms with E-state index >= 15 is 0 Å². The summed E-state index contributed by atoms with van der Waals surface area (Å²) in [6.45, 7) is 2.98. The second-order valence-corrected chi connectivity index (χ2v) is 7.42. The lowest BCUT2D eigenvalue weighted by Gasteiger charge is -2.19. The topological polar surface area (TPSA) is 69.7 Å². The molecule has 0 unspecified atom stereocenters. The molecule has 0 bridgehead atoms. The molecule has 28 heavy (non-hydrogen) atoms. The molecule has 1 amide bonds. The van der Waals surface area contributed by atoms with Gasteiger partial charge < -0.3 is 19.5 Å². The molecule has 2 heterocycles. The van der Waals surface area contributed by atoms with Crippen LogP contribution in [0.3, 0.4) is 0 Å². The summed E-state index contributed by atoms with van der Waals surface area (Å²) in [5.41, 5.74) is 2.56. The number of nitrogens with one attached hydrogen (secondary N) is 1. The first-order valence-corrected chi connectivity index (χ1v) is 9.74. The van der Waals surface area contributed by atoms with E-state index in [2.05, 4.69) is 10.3 Å². The highest BCUT2D eigenvalue weighted by atomic mass is 32.1. The average Bonchev–Trinajstić information content (AvgIpc) is 3.08. The maximum Gasteiger partial charge on any atom is 0.229 e. The first-order valence-electron chi connectivity index (χ1n) is 8.92. The summed E-state index contributed by atoms with van der Waals surface area (Å²) < 4.78 is 16.3. The van der Waals surface area contributed by atoms with Gasteiger partial charge in [-0.3, -0.25) is 4.79 Å². The molecule has 4 rings (SSSR count). The van der Waals surface area contributed by atoms with Crippen LogP contribution in [0.5, 0.6) is 17.2 Å². The van der Waals surface area contributed by atoms with E-state index < -0.39 is 0 Å². The van der Waals surface area contributed by atoms with Crippen molar-refractivity contribution in [3.05, 3.63) is 53.0 Å². The van der Waals surface area contributed by atoms with Crippen molar-refractivity contribution in [2.75, 3.05) is 25.6 Å². The molecule has 0 spiro atoms. The van der Waals surface area contributed by atoms with E-state index in [1.54, 1.807) is 13.2 Å². The fraction of sp³-hybridized carbons (Fsp3) is 0.238. The lowest BCUT2D eigenvalue weighted by Crippen LogP contribution is -2.17. The van der Waals surface area contributed by atoms with Gasteiger partial charge in [0.2, 0.25) is 5.91 Å². The standard InChI is InChI=1S/C21H20N2O4S/c1-13-19(28-21(22-13)14-3-6-16(25-2)7-4-14)12-20(24)23-15-5-8-17-18(11-15)27-10-9-26-17/h3-8,11H,9-10,12H2,1-2H3,(H,23,24). The summed E-state index contributed by atoms with van der Waals surface area (Å²) in [7, 11) is 1.64. The van der Waals surface area contributed by atoms with Gasteiger partial charge in [0.05, 0.1) is 19.2 Å². The molecular weight excluding hydrogens is 376 g/mol. The summed E-state index contributed by atoms with van der Waals surface area (Å²) >= 11 is 1.53. The van der Waals surface area contributed by atoms with Crippen LogP contribution in [0.2, 0.25) is 0 Å². The number of aromatic nitrogens is 1. The predicted octanol–water partition coefficient (Wildman–Crippen LogP) is 4.08. The van der Waals surface area contributed by atoms with E-state index in [1.807, 2.05) is 43.3 Å². The number of amides is 1. The van der Waals surface area contributed by atoms with Gasteiger partial charge in [-0.2, -0.15) is 0 Å². The number of aryl methyl sites for hydroxylation is 1. The van der Waals surface area contributed by atoms with Gasteiger partial charge >= 0.3 is 0 Å². The first-order chi connectivity index (χ1) is 13.6. The number of anilines is 1. The van der Waals surface area contributed by atoms with E-state index in [1.165, 1.54) is 11.3 Å². The van der Waals surface area contributed by atoms with Crippen molar-refractivity contribution in [3.8, 4) is 27.8 Å². The number of fused-ring (bicyclic) bond motifs is 1. The molecule has 2 aromatic carbocycles. The lowest BCUT2D eigenvalue weighted by atomic mass is 10.2. The molecule has 7 heteroatoms. The van der Waals surface area contributed by atoms with Crippen LogP contribution in [0.15, 0.2) is 42.5 Å². The molecule has 1 aliphatic rings. The van der Waals surface area contributed by atoms with Crippen LogP contribution in [0, 0.1) is 6.92 Å². The van der Waals surface area contributed by atoms with Gasteiger partial charge in [0.15, 0.2) is 11.5 Å². The van der Waals surface area contributed by atoms with Crippen molar-refractivity contribution in [2.24, 2.45) is 0 Å². The van der Waals surface area contributed by atoms with Crippen molar-refractivity contribution < 1.29 is 19.0 Å². The Morgan fingerprint density at radius 1 is 1.14 bits per heavy atom. The van der Waals surface area contributed by atoms with Crippen molar-refractivity contribution in [3.63, 3.8) is 0 Å². The largest absolute Gasteiger partial charge is 0.497 e. The Hall–Kier alpha value is -3.06. The quantitative estimate of drug-likeness (QED) is 0.704. The Balaban J connectivity index is 1.45. The van der Waals surface area contributed by atoms with Crippen LogP contribution < -0.4 is 19.5 Å². The number of thiazole rings is 1. The maximum absolute atomic E-state index is 12.5. The minimum absolute atomic E-state index is 0.0929. The number of carbonyl (C=O) groups is 1. The van der Waals surface area contributed by atoms with Crippen LogP contribution in [0.25, 0.3) is 10.6 Å². The number of methoxy groups -OCH3 is 1. The van der Waals surface area contributed by atoms with Crippen LogP contribution in [0.1, 0.15) is 10.6 Å². The Morgan fingerprint density at radius 2 is 1.89 bits per heavy atom. The molecule has 0 saturated heterocycles. The summed E-state index contributed by atoms with van der Waals surface area (Å²) in [5, 5.41) is 3.81. The number of hydrogen-bond donors (Lipinski definition) is 1. The zero-order valence-corrected chi connectivity index (χ0v) is 16.5. The Labute approximate surface area is 167 Å². The number of rotatable bonds is 5. The van der Waals surface area contributed by atoms with Gasteiger partial charge in [-0.15, -0.1) is 11.3 Å². The smallest absolute Gasteiger partial charge is 0.229 e. The van der Waals surface area contributed by atoms with Crippen molar-refractivity contribution >= 4 is 22.9 Å². The molecule has 0 fully saturated rings. The van der Waals surface area contributed by atoms with E-state index in [0.29, 0.717) is 30.4 Å². The number of carbonyl (C=O) groups excluding carboxylic acids is 1. The molecule has 0 atom stereocenters. The van der Waals surface area contributed by atoms with E-state index in [0.717, 1.165) is 26.9 Å². The summed E-state index contributed by atoms with van der Waals surface area (Å²) in [5.74, 6) is 2.06. The SMILES string of the molecule is COc1ccc(-c2nc(C)c(CC(=O)Nc3ccc4c(c3)OCCO4)s2)cc1. The highest BCUT2D eigenvalue weighted by molar-refractivity contribution is 7.15. The molecule has 1 aliphatic heterocycles.